The maximum absolute atomic E-state index is 13.0. The Morgan fingerprint density at radius 3 is 2.37 bits per heavy atom. The Hall–Kier alpha value is -3.63. The van der Waals surface area contributed by atoms with Crippen LogP contribution >= 0.6 is 23.2 Å². The molecule has 0 radical (unpaired) electrons. The third-order valence-electron chi connectivity index (χ3n) is 6.34. The van der Waals surface area contributed by atoms with Crippen LogP contribution in [0.15, 0.2) is 54.9 Å². The van der Waals surface area contributed by atoms with Crippen molar-refractivity contribution in [2.75, 3.05) is 11.9 Å². The number of carbonyl (C=O) groups is 2. The molecule has 0 spiro atoms. The zero-order chi connectivity index (χ0) is 29.5. The quantitative estimate of drug-likeness (QED) is 0.136. The van der Waals surface area contributed by atoms with E-state index in [-0.39, 0.29) is 40.3 Å². The van der Waals surface area contributed by atoms with Crippen LogP contribution in [0.25, 0.3) is 0 Å². The van der Waals surface area contributed by atoms with E-state index < -0.39 is 18.7 Å². The molecular formula is C29H28Cl2F2N2O6. The first-order chi connectivity index (χ1) is 19.6. The Bertz CT molecular complexity index is 1360. The first-order valence-electron chi connectivity index (χ1n) is 12.9. The van der Waals surface area contributed by atoms with Crippen molar-refractivity contribution in [3.8, 4) is 11.5 Å². The van der Waals surface area contributed by atoms with Gasteiger partial charge in [-0.05, 0) is 60.6 Å². The van der Waals surface area contributed by atoms with Crippen LogP contribution in [-0.2, 0) is 27.2 Å². The molecular weight excluding hydrogens is 581 g/mol. The molecule has 41 heavy (non-hydrogen) atoms. The van der Waals surface area contributed by atoms with Crippen LogP contribution in [0.2, 0.25) is 10.0 Å². The molecule has 0 saturated heterocycles. The largest absolute Gasteiger partial charge is 0.619 e. The number of nitrogens with zero attached hydrogens (tertiary/aromatic N) is 1. The number of hydrogen-bond acceptors (Lipinski definition) is 6. The summed E-state index contributed by atoms with van der Waals surface area (Å²) in [5.74, 6) is -0.417. The van der Waals surface area contributed by atoms with Gasteiger partial charge in [0.25, 0.3) is 0 Å². The highest BCUT2D eigenvalue weighted by molar-refractivity contribution is 6.35. The van der Waals surface area contributed by atoms with E-state index in [4.69, 9.17) is 32.7 Å². The summed E-state index contributed by atoms with van der Waals surface area (Å²) in [7, 11) is 0. The van der Waals surface area contributed by atoms with Crippen molar-refractivity contribution in [2.24, 2.45) is 5.92 Å². The molecule has 1 fully saturated rings. The van der Waals surface area contributed by atoms with Crippen LogP contribution in [0.5, 0.6) is 11.5 Å². The predicted molar refractivity (Wildman–Crippen MR) is 148 cm³/mol. The van der Waals surface area contributed by atoms with Gasteiger partial charge in [-0.2, -0.15) is 13.5 Å². The number of esters is 1. The number of carbonyl (C=O) groups excluding carboxylic acids is 2. The molecule has 4 rings (SSSR count). The lowest BCUT2D eigenvalue weighted by atomic mass is 10.0. The lowest BCUT2D eigenvalue weighted by Crippen LogP contribution is -2.25. The van der Waals surface area contributed by atoms with Crippen LogP contribution in [0, 0.1) is 11.1 Å². The van der Waals surface area contributed by atoms with E-state index in [0.717, 1.165) is 30.8 Å². The van der Waals surface area contributed by atoms with Crippen LogP contribution < -0.4 is 19.5 Å². The molecule has 1 aliphatic rings. The number of nitrogens with one attached hydrogen (secondary N) is 1. The van der Waals surface area contributed by atoms with Gasteiger partial charge in [-0.15, -0.1) is 0 Å². The fraction of sp³-hybridized carbons (Fsp3) is 0.345. The number of amides is 1. The van der Waals surface area contributed by atoms with Crippen molar-refractivity contribution >= 4 is 40.8 Å². The molecule has 1 unspecified atom stereocenters. The Balaban J connectivity index is 1.55. The smallest absolute Gasteiger partial charge is 0.387 e. The first kappa shape index (κ1) is 30.3. The normalized spacial score (nSPS) is 13.5. The van der Waals surface area contributed by atoms with Gasteiger partial charge in [0.1, 0.15) is 16.1 Å². The number of ether oxygens (including phenoxy) is 3. The number of pyridine rings is 1. The molecule has 2 aromatic carbocycles. The Kier molecular flexibility index (Phi) is 10.2. The second-order valence-electron chi connectivity index (χ2n) is 9.69. The molecule has 12 heteroatoms. The van der Waals surface area contributed by atoms with E-state index >= 15 is 0 Å². The number of rotatable bonds is 13. The molecule has 1 N–H and O–H groups in total. The molecule has 218 valence electrons. The molecule has 1 amide bonds. The predicted octanol–water partition coefficient (Wildman–Crippen LogP) is 6.44. The van der Waals surface area contributed by atoms with Crippen molar-refractivity contribution in [1.29, 1.82) is 0 Å². The number of hydrogen-bond donors (Lipinski definition) is 1. The summed E-state index contributed by atoms with van der Waals surface area (Å²) >= 11 is 12.6. The van der Waals surface area contributed by atoms with Crippen LogP contribution in [0.4, 0.5) is 14.5 Å². The first-order valence-corrected chi connectivity index (χ1v) is 13.7. The molecule has 8 nitrogen and oxygen atoms in total. The summed E-state index contributed by atoms with van der Waals surface area (Å²) in [6.45, 7) is -1.30. The van der Waals surface area contributed by atoms with Gasteiger partial charge in [0.2, 0.25) is 5.91 Å². The van der Waals surface area contributed by atoms with Crippen molar-refractivity contribution < 1.29 is 37.3 Å². The van der Waals surface area contributed by atoms with Gasteiger partial charge in [-0.1, -0.05) is 41.4 Å². The second-order valence-corrected chi connectivity index (χ2v) is 10.5. The lowest BCUT2D eigenvalue weighted by Gasteiger charge is -2.21. The zero-order valence-corrected chi connectivity index (χ0v) is 23.6. The second kappa shape index (κ2) is 13.8. The van der Waals surface area contributed by atoms with Gasteiger partial charge in [-0.25, -0.2) is 0 Å². The topological polar surface area (TPSA) is 101 Å². The highest BCUT2D eigenvalue weighted by Crippen LogP contribution is 2.38. The SMILES string of the molecule is CC(=O)Nc1ccc(CCC(=O)OC(Cc2c(Cl)c[n+]([O-])cc2Cl)c2ccc(OC(F)F)c(OCC3CC3)c2)cc1. The summed E-state index contributed by atoms with van der Waals surface area (Å²) in [4.78, 5) is 24.2. The molecule has 1 heterocycles. The van der Waals surface area contributed by atoms with Gasteiger partial charge < -0.3 is 24.7 Å². The minimum Gasteiger partial charge on any atom is -0.619 e. The lowest BCUT2D eigenvalue weighted by molar-refractivity contribution is -0.605. The summed E-state index contributed by atoms with van der Waals surface area (Å²) in [6.07, 6.45) is 3.72. The number of benzene rings is 2. The fourth-order valence-corrected chi connectivity index (χ4v) is 4.68. The number of aromatic nitrogens is 1. The number of aryl methyl sites for hydroxylation is 1. The van der Waals surface area contributed by atoms with Gasteiger partial charge >= 0.3 is 12.6 Å². The summed E-state index contributed by atoms with van der Waals surface area (Å²) in [6, 6.07) is 11.4. The van der Waals surface area contributed by atoms with Gasteiger partial charge in [0.15, 0.2) is 23.9 Å². The van der Waals surface area contributed by atoms with Crippen LogP contribution in [0.1, 0.15) is 49.0 Å². The number of anilines is 1. The van der Waals surface area contributed by atoms with Gasteiger partial charge in [0.05, 0.1) is 6.61 Å². The van der Waals surface area contributed by atoms with Crippen LogP contribution in [0.3, 0.4) is 0 Å². The standard InChI is InChI=1S/C29H28Cl2F2N2O6/c1-17(36)34-21-8-4-18(5-9-21)6-11-28(37)40-26(13-22-23(30)14-35(38)15-24(22)31)20-7-10-25(41-29(32)33)27(12-20)39-16-19-2-3-19/h4-5,7-10,12,14-15,19,26,29H,2-3,6,11,13,16H2,1H3,(H,34,36). The molecule has 0 aliphatic heterocycles. The third kappa shape index (κ3) is 9.19. The average molecular weight is 609 g/mol. The van der Waals surface area contributed by atoms with E-state index in [0.29, 0.717) is 40.5 Å². The summed E-state index contributed by atoms with van der Waals surface area (Å²) in [5.41, 5.74) is 2.31. The van der Waals surface area contributed by atoms with Crippen LogP contribution in [-0.4, -0.2) is 25.1 Å². The Morgan fingerprint density at radius 1 is 1.07 bits per heavy atom. The molecule has 1 saturated carbocycles. The Morgan fingerprint density at radius 2 is 1.76 bits per heavy atom. The van der Waals surface area contributed by atoms with E-state index in [9.17, 15) is 23.6 Å². The fourth-order valence-electron chi connectivity index (χ4n) is 4.08. The summed E-state index contributed by atoms with van der Waals surface area (Å²) < 4.78 is 42.8. The van der Waals surface area contributed by atoms with E-state index in [1.165, 1.54) is 25.1 Å². The minimum absolute atomic E-state index is 0.00672. The van der Waals surface area contributed by atoms with E-state index in [1.54, 1.807) is 24.3 Å². The van der Waals surface area contributed by atoms with Gasteiger partial charge in [0, 0.05) is 31.0 Å². The minimum atomic E-state index is -3.05. The van der Waals surface area contributed by atoms with Crippen molar-refractivity contribution in [1.82, 2.24) is 0 Å². The summed E-state index contributed by atoms with van der Waals surface area (Å²) in [5, 5.41) is 14.6. The molecule has 1 atom stereocenters. The van der Waals surface area contributed by atoms with Gasteiger partial charge in [-0.3, -0.25) is 9.59 Å². The monoisotopic (exact) mass is 608 g/mol. The maximum Gasteiger partial charge on any atom is 0.387 e. The molecule has 3 aromatic rings. The molecule has 1 aromatic heterocycles. The number of alkyl halides is 2. The highest BCUT2D eigenvalue weighted by Gasteiger charge is 2.26. The van der Waals surface area contributed by atoms with Crippen molar-refractivity contribution in [3.63, 3.8) is 0 Å². The van der Waals surface area contributed by atoms with Crippen molar-refractivity contribution in [3.05, 3.63) is 86.8 Å². The van der Waals surface area contributed by atoms with E-state index in [2.05, 4.69) is 10.1 Å². The molecule has 0 bridgehead atoms. The Labute approximate surface area is 245 Å². The maximum atomic E-state index is 13.0. The molecule has 1 aliphatic carbocycles. The van der Waals surface area contributed by atoms with E-state index in [1.807, 2.05) is 0 Å². The zero-order valence-electron chi connectivity index (χ0n) is 22.1. The average Bonchev–Trinajstić information content (AvgIpc) is 3.73. The third-order valence-corrected chi connectivity index (χ3v) is 6.99. The number of halogens is 4. The highest BCUT2D eigenvalue weighted by atomic mass is 35.5. The van der Waals surface area contributed by atoms with Crippen molar-refractivity contribution in [2.45, 2.75) is 51.7 Å².